The molecule has 1 aromatic heterocycles. The molecule has 1 atom stereocenters. The fourth-order valence-corrected chi connectivity index (χ4v) is 2.97. The number of hydrogen-bond acceptors (Lipinski definition) is 4. The molecule has 0 saturated heterocycles. The van der Waals surface area contributed by atoms with Crippen LogP contribution in [0, 0.1) is 0 Å². The van der Waals surface area contributed by atoms with Gasteiger partial charge < -0.3 is 15.0 Å². The van der Waals surface area contributed by atoms with Crippen molar-refractivity contribution in [2.75, 3.05) is 13.7 Å². The Morgan fingerprint density at radius 2 is 2.27 bits per heavy atom. The van der Waals surface area contributed by atoms with Gasteiger partial charge in [0, 0.05) is 28.7 Å². The van der Waals surface area contributed by atoms with Gasteiger partial charge in [-0.25, -0.2) is 0 Å². The van der Waals surface area contributed by atoms with Gasteiger partial charge in [0.25, 0.3) is 5.91 Å². The zero-order chi connectivity index (χ0) is 16.1. The van der Waals surface area contributed by atoms with Gasteiger partial charge in [0.2, 0.25) is 0 Å². The van der Waals surface area contributed by atoms with Gasteiger partial charge in [-0.15, -0.1) is 11.3 Å². The van der Waals surface area contributed by atoms with Crippen molar-refractivity contribution in [1.82, 2.24) is 4.57 Å². The Labute approximate surface area is 142 Å². The Morgan fingerprint density at radius 1 is 1.50 bits per heavy atom. The number of hydrogen-bond donors (Lipinski definition) is 1. The first-order valence-corrected chi connectivity index (χ1v) is 8.05. The highest BCUT2D eigenvalue weighted by Gasteiger charge is 2.12. The van der Waals surface area contributed by atoms with Crippen LogP contribution in [0.5, 0.6) is 0 Å². The van der Waals surface area contributed by atoms with Crippen molar-refractivity contribution in [3.8, 4) is 0 Å². The lowest BCUT2D eigenvalue weighted by atomic mass is 10.2. The molecule has 2 aromatic rings. The Bertz CT molecular complexity index is 727. The summed E-state index contributed by atoms with van der Waals surface area (Å²) in [5.74, 6) is -0.416. The summed E-state index contributed by atoms with van der Waals surface area (Å²) in [6.07, 6.45) is 1.84. The summed E-state index contributed by atoms with van der Waals surface area (Å²) in [5, 5.41) is 2.99. The molecule has 0 aliphatic rings. The molecular formula is C14H15Cl2N3O2S. The molecule has 22 heavy (non-hydrogen) atoms. The minimum absolute atomic E-state index is 0.136. The van der Waals surface area contributed by atoms with Gasteiger partial charge in [0.1, 0.15) is 6.04 Å². The van der Waals surface area contributed by atoms with Crippen LogP contribution < -0.4 is 10.5 Å². The molecule has 0 aliphatic heterocycles. The third-order valence-corrected chi connectivity index (χ3v) is 4.27. The zero-order valence-corrected chi connectivity index (χ0v) is 14.2. The van der Waals surface area contributed by atoms with E-state index in [1.807, 2.05) is 22.2 Å². The molecule has 0 fully saturated rings. The fraction of sp³-hybridized carbons (Fsp3) is 0.286. The second-order valence-corrected chi connectivity index (χ2v) is 6.28. The molecule has 1 unspecified atom stereocenters. The molecule has 0 saturated carbocycles. The van der Waals surface area contributed by atoms with Crippen LogP contribution in [0.4, 0.5) is 0 Å². The standard InChI is InChI=1S/C14H15Cl2N3O2S/c1-21-8-12(17)13(20)18-14-19(4-5-22-14)7-9-2-3-10(15)6-11(9)16/h2-6,12H,7-8,17H2,1H3. The first kappa shape index (κ1) is 17.2. The third-order valence-electron chi connectivity index (χ3n) is 2.89. The monoisotopic (exact) mass is 359 g/mol. The highest BCUT2D eigenvalue weighted by atomic mass is 35.5. The summed E-state index contributed by atoms with van der Waals surface area (Å²) in [7, 11) is 1.49. The first-order valence-electron chi connectivity index (χ1n) is 6.42. The Balaban J connectivity index is 2.24. The van der Waals surface area contributed by atoms with Crippen molar-refractivity contribution in [3.05, 3.63) is 50.2 Å². The Hall–Kier alpha value is -1.18. The number of amides is 1. The van der Waals surface area contributed by atoms with Crippen molar-refractivity contribution in [2.24, 2.45) is 10.7 Å². The van der Waals surface area contributed by atoms with Gasteiger partial charge in [0.05, 0.1) is 13.2 Å². The lowest BCUT2D eigenvalue weighted by Crippen LogP contribution is -2.35. The SMILES string of the molecule is COCC(N)C(=O)N=c1sccn1Cc1ccc(Cl)cc1Cl. The van der Waals surface area contributed by atoms with E-state index >= 15 is 0 Å². The predicted octanol–water partition coefficient (Wildman–Crippen LogP) is 2.31. The van der Waals surface area contributed by atoms with Crippen LogP contribution in [0.15, 0.2) is 34.8 Å². The van der Waals surface area contributed by atoms with Crippen LogP contribution >= 0.6 is 34.5 Å². The maximum atomic E-state index is 11.9. The molecular weight excluding hydrogens is 345 g/mol. The highest BCUT2D eigenvalue weighted by Crippen LogP contribution is 2.21. The van der Waals surface area contributed by atoms with Crippen LogP contribution in [-0.2, 0) is 16.1 Å². The summed E-state index contributed by atoms with van der Waals surface area (Å²) < 4.78 is 6.69. The van der Waals surface area contributed by atoms with Gasteiger partial charge in [-0.2, -0.15) is 4.99 Å². The summed E-state index contributed by atoms with van der Waals surface area (Å²) in [5.41, 5.74) is 6.57. The number of methoxy groups -OCH3 is 1. The number of carbonyl (C=O) groups excluding carboxylic acids is 1. The number of halogens is 2. The number of aromatic nitrogens is 1. The molecule has 118 valence electrons. The maximum absolute atomic E-state index is 11.9. The first-order chi connectivity index (χ1) is 10.5. The number of carbonyl (C=O) groups is 1. The van der Waals surface area contributed by atoms with Gasteiger partial charge in [0.15, 0.2) is 4.80 Å². The molecule has 0 aliphatic carbocycles. The van der Waals surface area contributed by atoms with E-state index in [2.05, 4.69) is 4.99 Å². The smallest absolute Gasteiger partial charge is 0.267 e. The molecule has 8 heteroatoms. The predicted molar refractivity (Wildman–Crippen MR) is 88.3 cm³/mol. The van der Waals surface area contributed by atoms with Crippen molar-refractivity contribution in [1.29, 1.82) is 0 Å². The van der Waals surface area contributed by atoms with Crippen molar-refractivity contribution >= 4 is 40.4 Å². The minimum atomic E-state index is -0.764. The van der Waals surface area contributed by atoms with Crippen LogP contribution in [0.25, 0.3) is 0 Å². The Morgan fingerprint density at radius 3 is 2.95 bits per heavy atom. The third kappa shape index (κ3) is 4.41. The van der Waals surface area contributed by atoms with Crippen molar-refractivity contribution < 1.29 is 9.53 Å². The number of nitrogens with two attached hydrogens (primary N) is 1. The number of rotatable bonds is 5. The maximum Gasteiger partial charge on any atom is 0.267 e. The number of benzene rings is 1. The molecule has 5 nitrogen and oxygen atoms in total. The zero-order valence-electron chi connectivity index (χ0n) is 11.8. The summed E-state index contributed by atoms with van der Waals surface area (Å²) >= 11 is 13.4. The van der Waals surface area contributed by atoms with E-state index in [9.17, 15) is 4.79 Å². The van der Waals surface area contributed by atoms with Crippen LogP contribution in [0.3, 0.4) is 0 Å². The van der Waals surface area contributed by atoms with Gasteiger partial charge in [-0.05, 0) is 17.7 Å². The summed E-state index contributed by atoms with van der Waals surface area (Å²) in [6.45, 7) is 0.627. The molecule has 0 bridgehead atoms. The van der Waals surface area contributed by atoms with Crippen LogP contribution in [-0.4, -0.2) is 30.2 Å². The van der Waals surface area contributed by atoms with Crippen LogP contribution in [0.1, 0.15) is 5.56 Å². The quantitative estimate of drug-likeness (QED) is 0.890. The highest BCUT2D eigenvalue weighted by molar-refractivity contribution is 7.07. The molecule has 1 aromatic carbocycles. The summed E-state index contributed by atoms with van der Waals surface area (Å²) in [4.78, 5) is 16.5. The van der Waals surface area contributed by atoms with Gasteiger partial charge in [-0.1, -0.05) is 29.3 Å². The largest absolute Gasteiger partial charge is 0.383 e. The average Bonchev–Trinajstić information content (AvgIpc) is 2.89. The summed E-state index contributed by atoms with van der Waals surface area (Å²) in [6, 6.07) is 4.53. The van der Waals surface area contributed by atoms with E-state index in [1.165, 1.54) is 18.4 Å². The molecule has 2 rings (SSSR count). The lowest BCUT2D eigenvalue weighted by Gasteiger charge is -2.07. The van der Waals surface area contributed by atoms with E-state index in [4.69, 9.17) is 33.7 Å². The van der Waals surface area contributed by atoms with E-state index in [0.717, 1.165) is 5.56 Å². The second-order valence-electron chi connectivity index (χ2n) is 4.56. The molecule has 1 heterocycles. The van der Waals surface area contributed by atoms with E-state index in [-0.39, 0.29) is 6.61 Å². The molecule has 0 radical (unpaired) electrons. The topological polar surface area (TPSA) is 69.6 Å². The molecule has 0 spiro atoms. The number of thiazole rings is 1. The Kier molecular flexibility index (Phi) is 6.16. The fourth-order valence-electron chi connectivity index (χ4n) is 1.77. The van der Waals surface area contributed by atoms with E-state index in [0.29, 0.717) is 21.4 Å². The molecule has 2 N–H and O–H groups in total. The normalized spacial score (nSPS) is 13.4. The minimum Gasteiger partial charge on any atom is -0.383 e. The average molecular weight is 360 g/mol. The van der Waals surface area contributed by atoms with Gasteiger partial charge in [-0.3, -0.25) is 4.79 Å². The molecule has 1 amide bonds. The van der Waals surface area contributed by atoms with Crippen molar-refractivity contribution in [2.45, 2.75) is 12.6 Å². The lowest BCUT2D eigenvalue weighted by molar-refractivity contribution is -0.120. The number of ether oxygens (including phenoxy) is 1. The van der Waals surface area contributed by atoms with E-state index < -0.39 is 11.9 Å². The second kappa shape index (κ2) is 7.89. The van der Waals surface area contributed by atoms with Crippen LogP contribution in [0.2, 0.25) is 10.0 Å². The van der Waals surface area contributed by atoms with E-state index in [1.54, 1.807) is 12.1 Å². The van der Waals surface area contributed by atoms with Crippen molar-refractivity contribution in [3.63, 3.8) is 0 Å². The van der Waals surface area contributed by atoms with Gasteiger partial charge >= 0.3 is 0 Å². The number of nitrogens with zero attached hydrogens (tertiary/aromatic N) is 2.